The minimum absolute atomic E-state index is 0.0176. The Labute approximate surface area is 219 Å². The Kier molecular flexibility index (Phi) is 8.77. The van der Waals surface area contributed by atoms with Crippen LogP contribution in [0.5, 0.6) is 0 Å². The van der Waals surface area contributed by atoms with Crippen molar-refractivity contribution >= 4 is 52.2 Å². The van der Waals surface area contributed by atoms with Crippen molar-refractivity contribution < 1.29 is 32.3 Å². The predicted octanol–water partition coefficient (Wildman–Crippen LogP) is 6.05. The van der Waals surface area contributed by atoms with E-state index in [1.807, 2.05) is 0 Å². The van der Waals surface area contributed by atoms with Crippen molar-refractivity contribution in [2.24, 2.45) is 5.92 Å². The number of carbonyl (C=O) groups excluding carboxylic acids is 3. The number of nitrogens with one attached hydrogen (secondary N) is 3. The van der Waals surface area contributed by atoms with Gasteiger partial charge in [0.2, 0.25) is 0 Å². The number of hydrogen-bond acceptors (Lipinski definition) is 6. The molecule has 0 aliphatic carbocycles. The van der Waals surface area contributed by atoms with Crippen LogP contribution < -0.4 is 16.0 Å². The van der Waals surface area contributed by atoms with Crippen LogP contribution in [-0.4, -0.2) is 36.0 Å². The average molecular weight is 555 g/mol. The lowest BCUT2D eigenvalue weighted by Crippen LogP contribution is -2.45. The lowest BCUT2D eigenvalue weighted by Gasteiger charge is -2.18. The van der Waals surface area contributed by atoms with Crippen LogP contribution in [0.3, 0.4) is 0 Å². The summed E-state index contributed by atoms with van der Waals surface area (Å²) in [5, 5.41) is 9.17. The Balaban J connectivity index is 1.63. The standard InChI is InChI=1S/C24H22ClF3N4O4S/c1-12(2)19(22(34)36-3)32-20(33)21-30-18(11-37-21)13-4-7-15(8-5-13)29-23(35)31-17-9-6-14(10-16(17)25)24(26,27)28/h4-12,19H,1-3H3,(H,32,33)(H2,29,31,35)/t19-/m0/s1. The van der Waals surface area contributed by atoms with Gasteiger partial charge < -0.3 is 20.7 Å². The number of anilines is 2. The molecule has 0 aliphatic rings. The van der Waals surface area contributed by atoms with Crippen LogP contribution in [0.2, 0.25) is 5.02 Å². The van der Waals surface area contributed by atoms with Gasteiger partial charge in [0.1, 0.15) is 6.04 Å². The average Bonchev–Trinajstić information content (AvgIpc) is 3.33. The molecule has 13 heteroatoms. The van der Waals surface area contributed by atoms with Gasteiger partial charge >= 0.3 is 18.2 Å². The summed E-state index contributed by atoms with van der Waals surface area (Å²) in [4.78, 5) is 41.0. The molecule has 0 saturated heterocycles. The highest BCUT2D eigenvalue weighted by Crippen LogP contribution is 2.34. The molecule has 0 saturated carbocycles. The summed E-state index contributed by atoms with van der Waals surface area (Å²) in [5.74, 6) is -1.23. The van der Waals surface area contributed by atoms with Gasteiger partial charge in [-0.2, -0.15) is 13.2 Å². The van der Waals surface area contributed by atoms with Crippen molar-refractivity contribution in [1.82, 2.24) is 10.3 Å². The summed E-state index contributed by atoms with van der Waals surface area (Å²) in [7, 11) is 1.25. The van der Waals surface area contributed by atoms with Gasteiger partial charge in [0.15, 0.2) is 5.01 Å². The van der Waals surface area contributed by atoms with Crippen LogP contribution in [-0.2, 0) is 15.7 Å². The van der Waals surface area contributed by atoms with Gasteiger partial charge in [0.05, 0.1) is 29.1 Å². The molecule has 37 heavy (non-hydrogen) atoms. The zero-order valence-electron chi connectivity index (χ0n) is 19.8. The number of rotatable bonds is 7. The lowest BCUT2D eigenvalue weighted by molar-refractivity contribution is -0.144. The normalized spacial score (nSPS) is 12.1. The number of esters is 1. The number of halogens is 4. The summed E-state index contributed by atoms with van der Waals surface area (Å²) in [6, 6.07) is 7.63. The number of amides is 3. The van der Waals surface area contributed by atoms with Crippen LogP contribution in [0.25, 0.3) is 11.3 Å². The first-order valence-electron chi connectivity index (χ1n) is 10.8. The highest BCUT2D eigenvalue weighted by Gasteiger charge is 2.31. The molecular weight excluding hydrogens is 533 g/mol. The molecule has 196 valence electrons. The van der Waals surface area contributed by atoms with Crippen molar-refractivity contribution in [3.05, 3.63) is 63.4 Å². The van der Waals surface area contributed by atoms with Crippen LogP contribution >= 0.6 is 22.9 Å². The molecule has 3 aromatic rings. The van der Waals surface area contributed by atoms with Crippen LogP contribution in [0, 0.1) is 5.92 Å². The van der Waals surface area contributed by atoms with E-state index in [0.717, 1.165) is 29.5 Å². The van der Waals surface area contributed by atoms with Crippen molar-refractivity contribution in [2.75, 3.05) is 17.7 Å². The van der Waals surface area contributed by atoms with Crippen molar-refractivity contribution in [3.8, 4) is 11.3 Å². The van der Waals surface area contributed by atoms with E-state index in [9.17, 15) is 27.6 Å². The van der Waals surface area contributed by atoms with E-state index in [1.54, 1.807) is 43.5 Å². The SMILES string of the molecule is COC(=O)[C@@H](NC(=O)c1nc(-c2ccc(NC(=O)Nc3ccc(C(F)(F)F)cc3Cl)cc2)cs1)C(C)C. The topological polar surface area (TPSA) is 109 Å². The molecule has 2 aromatic carbocycles. The fourth-order valence-corrected chi connectivity index (χ4v) is 4.10. The van der Waals surface area contributed by atoms with Crippen LogP contribution in [0.1, 0.15) is 29.2 Å². The molecular formula is C24H22ClF3N4O4S. The molecule has 8 nitrogen and oxygen atoms in total. The molecule has 0 fully saturated rings. The zero-order valence-corrected chi connectivity index (χ0v) is 21.3. The molecule has 1 heterocycles. The minimum Gasteiger partial charge on any atom is -0.467 e. The fourth-order valence-electron chi connectivity index (χ4n) is 3.14. The first-order chi connectivity index (χ1) is 17.4. The van der Waals surface area contributed by atoms with Crippen molar-refractivity contribution in [2.45, 2.75) is 26.1 Å². The smallest absolute Gasteiger partial charge is 0.416 e. The van der Waals surface area contributed by atoms with Crippen molar-refractivity contribution in [1.29, 1.82) is 0 Å². The van der Waals surface area contributed by atoms with E-state index in [0.29, 0.717) is 16.9 Å². The quantitative estimate of drug-likeness (QED) is 0.308. The Morgan fingerprint density at radius 3 is 2.30 bits per heavy atom. The van der Waals surface area contributed by atoms with Gasteiger partial charge in [-0.05, 0) is 36.2 Å². The maximum Gasteiger partial charge on any atom is 0.416 e. The molecule has 0 unspecified atom stereocenters. The van der Waals surface area contributed by atoms with Gasteiger partial charge in [-0.15, -0.1) is 11.3 Å². The Bertz CT molecular complexity index is 1300. The molecule has 0 bridgehead atoms. The minimum atomic E-state index is -4.55. The summed E-state index contributed by atoms with van der Waals surface area (Å²) in [6.45, 7) is 3.56. The summed E-state index contributed by atoms with van der Waals surface area (Å²) in [6.07, 6.45) is -4.55. The van der Waals surface area contributed by atoms with E-state index in [4.69, 9.17) is 16.3 Å². The predicted molar refractivity (Wildman–Crippen MR) is 135 cm³/mol. The number of urea groups is 1. The number of ether oxygens (including phenoxy) is 1. The number of alkyl halides is 3. The maximum absolute atomic E-state index is 12.8. The molecule has 0 aliphatic heterocycles. The number of nitrogens with zero attached hydrogens (tertiary/aromatic N) is 1. The second-order valence-electron chi connectivity index (χ2n) is 8.11. The third-order valence-electron chi connectivity index (χ3n) is 5.09. The van der Waals surface area contributed by atoms with E-state index >= 15 is 0 Å². The number of carbonyl (C=O) groups is 3. The number of benzene rings is 2. The molecule has 3 amide bonds. The first-order valence-corrected chi connectivity index (χ1v) is 12.0. The van der Waals surface area contributed by atoms with E-state index in [-0.39, 0.29) is 21.6 Å². The first kappa shape index (κ1) is 27.9. The largest absolute Gasteiger partial charge is 0.467 e. The van der Waals surface area contributed by atoms with E-state index in [2.05, 4.69) is 20.9 Å². The Morgan fingerprint density at radius 1 is 1.05 bits per heavy atom. The van der Waals surface area contributed by atoms with Gasteiger partial charge in [-0.25, -0.2) is 14.6 Å². The lowest BCUT2D eigenvalue weighted by atomic mass is 10.0. The molecule has 3 N–H and O–H groups in total. The maximum atomic E-state index is 12.8. The molecule has 1 aromatic heterocycles. The van der Waals surface area contributed by atoms with Gasteiger partial charge in [0, 0.05) is 16.6 Å². The number of aromatic nitrogens is 1. The van der Waals surface area contributed by atoms with E-state index < -0.39 is 35.7 Å². The fraction of sp³-hybridized carbons (Fsp3) is 0.250. The second-order valence-corrected chi connectivity index (χ2v) is 9.37. The van der Waals surface area contributed by atoms with Gasteiger partial charge in [-0.3, -0.25) is 4.79 Å². The zero-order chi connectivity index (χ0) is 27.3. The highest BCUT2D eigenvalue weighted by atomic mass is 35.5. The Hall–Kier alpha value is -3.64. The third-order valence-corrected chi connectivity index (χ3v) is 6.24. The third kappa shape index (κ3) is 7.20. The highest BCUT2D eigenvalue weighted by molar-refractivity contribution is 7.12. The van der Waals surface area contributed by atoms with E-state index in [1.165, 1.54) is 7.11 Å². The second kappa shape index (κ2) is 11.6. The Morgan fingerprint density at radius 2 is 1.73 bits per heavy atom. The molecule has 0 spiro atoms. The molecule has 3 rings (SSSR count). The van der Waals surface area contributed by atoms with Crippen molar-refractivity contribution in [3.63, 3.8) is 0 Å². The monoisotopic (exact) mass is 554 g/mol. The summed E-state index contributed by atoms with van der Waals surface area (Å²) >= 11 is 6.97. The van der Waals surface area contributed by atoms with Gasteiger partial charge in [0.25, 0.3) is 5.91 Å². The number of thiazole rings is 1. The summed E-state index contributed by atoms with van der Waals surface area (Å²) < 4.78 is 43.0. The van der Waals surface area contributed by atoms with Crippen LogP contribution in [0.4, 0.5) is 29.3 Å². The van der Waals surface area contributed by atoms with Gasteiger partial charge in [-0.1, -0.05) is 37.6 Å². The number of hydrogen-bond donors (Lipinski definition) is 3. The van der Waals surface area contributed by atoms with Crippen LogP contribution in [0.15, 0.2) is 47.8 Å². The summed E-state index contributed by atoms with van der Waals surface area (Å²) in [5.41, 5.74) is 0.673. The molecule has 0 radical (unpaired) electrons. The molecule has 1 atom stereocenters. The number of methoxy groups -OCH3 is 1.